The molecule has 2 heterocycles. The van der Waals surface area contributed by atoms with E-state index >= 15 is 0 Å². The Morgan fingerprint density at radius 2 is 2.29 bits per heavy atom. The first-order valence-corrected chi connectivity index (χ1v) is 6.86. The van der Waals surface area contributed by atoms with Crippen molar-refractivity contribution in [3.8, 4) is 0 Å². The van der Waals surface area contributed by atoms with Gasteiger partial charge in [-0.1, -0.05) is 0 Å². The Balaban J connectivity index is 1.98. The van der Waals surface area contributed by atoms with Gasteiger partial charge in [-0.3, -0.25) is 0 Å². The Morgan fingerprint density at radius 1 is 1.57 bits per heavy atom. The first-order valence-electron chi connectivity index (χ1n) is 6.86. The maximum Gasteiger partial charge on any atom is 0.408 e. The third-order valence-electron chi connectivity index (χ3n) is 3.24. The van der Waals surface area contributed by atoms with Gasteiger partial charge in [0.1, 0.15) is 23.8 Å². The average molecular weight is 296 g/mol. The molecule has 2 N–H and O–H groups in total. The minimum Gasteiger partial charge on any atom is -0.480 e. The fraction of sp³-hybridized carbons (Fsp3) is 0.692. The van der Waals surface area contributed by atoms with Gasteiger partial charge >= 0.3 is 12.1 Å². The highest BCUT2D eigenvalue weighted by Gasteiger charge is 2.32. The van der Waals surface area contributed by atoms with Gasteiger partial charge in [-0.15, -0.1) is 10.2 Å². The number of nitrogens with zero attached hydrogens (tertiary/aromatic N) is 3. The second-order valence-corrected chi connectivity index (χ2v) is 6.14. The number of alkyl carbamates (subject to hydrolysis) is 1. The van der Waals surface area contributed by atoms with E-state index in [2.05, 4.69) is 15.5 Å². The number of aryl methyl sites for hydroxylation is 1. The molecule has 116 valence electrons. The third kappa shape index (κ3) is 3.93. The molecule has 21 heavy (non-hydrogen) atoms. The van der Waals surface area contributed by atoms with Crippen molar-refractivity contribution in [2.75, 3.05) is 0 Å². The Labute approximate surface area is 122 Å². The highest BCUT2D eigenvalue weighted by atomic mass is 16.6. The van der Waals surface area contributed by atoms with Crippen molar-refractivity contribution in [2.24, 2.45) is 0 Å². The van der Waals surface area contributed by atoms with Crippen LogP contribution in [0.5, 0.6) is 0 Å². The summed E-state index contributed by atoms with van der Waals surface area (Å²) in [5.74, 6) is -0.338. The lowest BCUT2D eigenvalue weighted by molar-refractivity contribution is -0.139. The van der Waals surface area contributed by atoms with Crippen LogP contribution in [-0.4, -0.2) is 43.6 Å². The maximum absolute atomic E-state index is 11.7. The molecule has 1 amide bonds. The van der Waals surface area contributed by atoms with Gasteiger partial charge in [-0.25, -0.2) is 9.59 Å². The number of aromatic nitrogens is 3. The third-order valence-corrected chi connectivity index (χ3v) is 3.24. The zero-order valence-corrected chi connectivity index (χ0v) is 12.4. The molecular formula is C13H20N4O4. The minimum atomic E-state index is -1.08. The predicted molar refractivity (Wildman–Crippen MR) is 72.8 cm³/mol. The molecule has 2 rings (SSSR count). The zero-order valence-electron chi connectivity index (χ0n) is 12.4. The lowest BCUT2D eigenvalue weighted by Gasteiger charge is -2.22. The van der Waals surface area contributed by atoms with Crippen molar-refractivity contribution in [2.45, 2.75) is 57.7 Å². The summed E-state index contributed by atoms with van der Waals surface area (Å²) in [6.07, 6.45) is 1.97. The number of fused-ring (bicyclic) bond motifs is 1. The number of aliphatic carboxylic acids is 1. The summed E-state index contributed by atoms with van der Waals surface area (Å²) in [4.78, 5) is 23.0. The number of carboxylic acids is 1. The van der Waals surface area contributed by atoms with Gasteiger partial charge in [0.25, 0.3) is 0 Å². The molecule has 0 spiro atoms. The number of carbonyl (C=O) groups is 2. The van der Waals surface area contributed by atoms with Gasteiger partial charge in [0.2, 0.25) is 0 Å². The zero-order chi connectivity index (χ0) is 15.6. The molecule has 1 aromatic rings. The van der Waals surface area contributed by atoms with Crippen LogP contribution >= 0.6 is 0 Å². The summed E-state index contributed by atoms with van der Waals surface area (Å²) >= 11 is 0. The van der Waals surface area contributed by atoms with Crippen molar-refractivity contribution < 1.29 is 19.4 Å². The fourth-order valence-corrected chi connectivity index (χ4v) is 2.36. The van der Waals surface area contributed by atoms with Crippen LogP contribution in [0.4, 0.5) is 4.79 Å². The van der Waals surface area contributed by atoms with E-state index in [1.807, 2.05) is 4.57 Å². The van der Waals surface area contributed by atoms with E-state index < -0.39 is 23.7 Å². The molecule has 8 nitrogen and oxygen atoms in total. The predicted octanol–water partition coefficient (Wildman–Crippen LogP) is 1.13. The van der Waals surface area contributed by atoms with E-state index in [1.54, 1.807) is 27.1 Å². The molecule has 0 aliphatic carbocycles. The number of nitrogens with one attached hydrogen (secondary N) is 1. The van der Waals surface area contributed by atoms with E-state index in [0.29, 0.717) is 0 Å². The maximum atomic E-state index is 11.7. The van der Waals surface area contributed by atoms with E-state index in [1.165, 1.54) is 0 Å². The molecule has 0 aromatic carbocycles. The number of ether oxygens (including phenoxy) is 1. The van der Waals surface area contributed by atoms with Crippen LogP contribution in [0, 0.1) is 0 Å². The number of amides is 1. The van der Waals surface area contributed by atoms with Crippen LogP contribution in [-0.2, 0) is 16.1 Å². The van der Waals surface area contributed by atoms with E-state index in [9.17, 15) is 14.7 Å². The number of carboxylic acid groups (broad SMARTS) is 1. The Morgan fingerprint density at radius 3 is 2.90 bits per heavy atom. The fourth-order valence-electron chi connectivity index (χ4n) is 2.36. The van der Waals surface area contributed by atoms with Crippen molar-refractivity contribution >= 4 is 12.1 Å². The molecular weight excluding hydrogens is 276 g/mol. The largest absolute Gasteiger partial charge is 0.480 e. The van der Waals surface area contributed by atoms with E-state index in [-0.39, 0.29) is 12.3 Å². The minimum absolute atomic E-state index is 0.0245. The van der Waals surface area contributed by atoms with E-state index in [0.717, 1.165) is 18.8 Å². The normalized spacial score (nSPS) is 18.9. The van der Waals surface area contributed by atoms with Gasteiger partial charge in [0.05, 0.1) is 0 Å². The highest BCUT2D eigenvalue weighted by Crippen LogP contribution is 2.29. The van der Waals surface area contributed by atoms with Gasteiger partial charge in [-0.2, -0.15) is 0 Å². The Bertz CT molecular complexity index is 535. The molecule has 0 bridgehead atoms. The molecule has 1 aromatic heterocycles. The van der Waals surface area contributed by atoms with Crippen molar-refractivity contribution in [3.05, 3.63) is 12.2 Å². The second kappa shape index (κ2) is 5.71. The van der Waals surface area contributed by atoms with Crippen LogP contribution in [0.3, 0.4) is 0 Å². The quantitative estimate of drug-likeness (QED) is 0.862. The lowest BCUT2D eigenvalue weighted by atomic mass is 9.98. The molecule has 0 fully saturated rings. The molecule has 1 aliphatic heterocycles. The standard InChI is InChI=1S/C13H20N4O4/c1-13(2,3)21-12(20)15-9(11(18)19)6-8-4-5-17-7-14-16-10(8)17/h7-9H,4-6H2,1-3H3,(H,15,20)(H,18,19)/t8-,9?/m0/s1. The van der Waals surface area contributed by atoms with Crippen LogP contribution < -0.4 is 5.32 Å². The van der Waals surface area contributed by atoms with Crippen LogP contribution in [0.15, 0.2) is 6.33 Å². The van der Waals surface area contributed by atoms with Crippen molar-refractivity contribution in [3.63, 3.8) is 0 Å². The lowest BCUT2D eigenvalue weighted by Crippen LogP contribution is -2.44. The topological polar surface area (TPSA) is 106 Å². The number of hydrogen-bond donors (Lipinski definition) is 2. The molecule has 1 unspecified atom stereocenters. The monoisotopic (exact) mass is 296 g/mol. The molecule has 0 radical (unpaired) electrons. The van der Waals surface area contributed by atoms with Crippen molar-refractivity contribution in [1.82, 2.24) is 20.1 Å². The number of hydrogen-bond acceptors (Lipinski definition) is 5. The van der Waals surface area contributed by atoms with Crippen molar-refractivity contribution in [1.29, 1.82) is 0 Å². The Hall–Kier alpha value is -2.12. The molecule has 1 aliphatic rings. The van der Waals surface area contributed by atoms with E-state index in [4.69, 9.17) is 4.74 Å². The number of rotatable bonds is 4. The molecule has 0 saturated heterocycles. The van der Waals surface area contributed by atoms with Gasteiger partial charge < -0.3 is 19.7 Å². The molecule has 8 heteroatoms. The van der Waals surface area contributed by atoms with Crippen LogP contribution in [0.2, 0.25) is 0 Å². The summed E-state index contributed by atoms with van der Waals surface area (Å²) in [5.41, 5.74) is -0.666. The summed E-state index contributed by atoms with van der Waals surface area (Å²) in [5, 5.41) is 19.5. The smallest absolute Gasteiger partial charge is 0.408 e. The SMILES string of the molecule is CC(C)(C)OC(=O)NC(C[C@@H]1CCn2cnnc21)C(=O)O. The average Bonchev–Trinajstić information content (AvgIpc) is 2.89. The van der Waals surface area contributed by atoms with Gasteiger partial charge in [0.15, 0.2) is 0 Å². The first-order chi connectivity index (χ1) is 9.76. The highest BCUT2D eigenvalue weighted by molar-refractivity contribution is 5.80. The summed E-state index contributed by atoms with van der Waals surface area (Å²) in [6, 6.07) is -1.01. The molecule has 0 saturated carbocycles. The van der Waals surface area contributed by atoms with Crippen LogP contribution in [0.25, 0.3) is 0 Å². The first kappa shape index (κ1) is 15.3. The number of carbonyl (C=O) groups excluding carboxylic acids is 1. The van der Waals surface area contributed by atoms with Gasteiger partial charge in [0, 0.05) is 12.5 Å². The second-order valence-electron chi connectivity index (χ2n) is 6.14. The summed E-state index contributed by atoms with van der Waals surface area (Å²) < 4.78 is 6.99. The summed E-state index contributed by atoms with van der Waals surface area (Å²) in [6.45, 7) is 5.94. The molecule has 2 atom stereocenters. The Kier molecular flexibility index (Phi) is 4.15. The van der Waals surface area contributed by atoms with Gasteiger partial charge in [-0.05, 0) is 33.6 Å². The van der Waals surface area contributed by atoms with Crippen LogP contribution in [0.1, 0.15) is 45.4 Å². The summed E-state index contributed by atoms with van der Waals surface area (Å²) in [7, 11) is 0.